The number of rotatable bonds is 4. The largest absolute Gasteiger partial charge is 0.0883 e. The van der Waals surface area contributed by atoms with Gasteiger partial charge in [0.15, 0.2) is 0 Å². The summed E-state index contributed by atoms with van der Waals surface area (Å²) in [6.07, 6.45) is 8.94. The Labute approximate surface area is 88.8 Å². The first-order valence-corrected chi connectivity index (χ1v) is 6.26. The molecule has 2 rings (SSSR count). The molecule has 0 amide bonds. The van der Waals surface area contributed by atoms with Gasteiger partial charge in [-0.2, -0.15) is 0 Å². The van der Waals surface area contributed by atoms with Crippen LogP contribution < -0.4 is 0 Å². The van der Waals surface area contributed by atoms with Crippen molar-refractivity contribution >= 4 is 0 Å². The van der Waals surface area contributed by atoms with E-state index in [4.69, 9.17) is 0 Å². The summed E-state index contributed by atoms with van der Waals surface area (Å²) in [5.74, 6) is 4.03. The van der Waals surface area contributed by atoms with Crippen LogP contribution in [0.25, 0.3) is 0 Å². The van der Waals surface area contributed by atoms with E-state index in [1.54, 1.807) is 0 Å². The van der Waals surface area contributed by atoms with Crippen molar-refractivity contribution in [2.24, 2.45) is 29.1 Å². The van der Waals surface area contributed by atoms with E-state index in [0.29, 0.717) is 5.41 Å². The molecule has 0 spiro atoms. The smallest absolute Gasteiger partial charge is 0.0112 e. The maximum atomic E-state index is 2.48. The summed E-state index contributed by atoms with van der Waals surface area (Å²) in [5.41, 5.74) is 0.567. The highest BCUT2D eigenvalue weighted by Gasteiger charge is 2.55. The Bertz CT molecular complexity index is 240. The van der Waals surface area contributed by atoms with Crippen LogP contribution in [0, 0.1) is 29.1 Å². The summed E-state index contributed by atoms with van der Waals surface area (Å²) in [4.78, 5) is 0. The fourth-order valence-electron chi connectivity index (χ4n) is 3.16. The normalized spacial score (nSPS) is 48.1. The highest BCUT2D eigenvalue weighted by Crippen LogP contribution is 2.62. The molecule has 0 aromatic heterocycles. The van der Waals surface area contributed by atoms with Gasteiger partial charge in [0.1, 0.15) is 0 Å². The minimum absolute atomic E-state index is 0.567. The first-order chi connectivity index (χ1) is 6.58. The van der Waals surface area contributed by atoms with Gasteiger partial charge < -0.3 is 0 Å². The summed E-state index contributed by atoms with van der Waals surface area (Å²) in [5, 5.41) is 0. The molecular weight excluding hydrogens is 168 g/mol. The molecule has 14 heavy (non-hydrogen) atoms. The number of hydrogen-bond acceptors (Lipinski definition) is 0. The van der Waals surface area contributed by atoms with E-state index in [-0.39, 0.29) is 0 Å². The quantitative estimate of drug-likeness (QED) is 0.583. The SMILES string of the molecule is CCC=CC1(C)CC1C(C)C1CC1C. The second-order valence-electron chi connectivity index (χ2n) is 5.86. The van der Waals surface area contributed by atoms with Crippen LogP contribution in [0.5, 0.6) is 0 Å². The number of allylic oxidation sites excluding steroid dienone is 2. The highest BCUT2D eigenvalue weighted by molar-refractivity contribution is 5.15. The molecule has 2 aliphatic carbocycles. The van der Waals surface area contributed by atoms with E-state index >= 15 is 0 Å². The van der Waals surface area contributed by atoms with E-state index < -0.39 is 0 Å². The van der Waals surface area contributed by atoms with Crippen LogP contribution >= 0.6 is 0 Å². The van der Waals surface area contributed by atoms with Gasteiger partial charge in [-0.1, -0.05) is 39.8 Å². The Kier molecular flexibility index (Phi) is 2.49. The molecular formula is C14H24. The Balaban J connectivity index is 1.87. The van der Waals surface area contributed by atoms with Crippen LogP contribution in [0.2, 0.25) is 0 Å². The van der Waals surface area contributed by atoms with Crippen molar-refractivity contribution in [2.45, 2.75) is 47.0 Å². The van der Waals surface area contributed by atoms with Crippen molar-refractivity contribution < 1.29 is 0 Å². The molecule has 0 aliphatic heterocycles. The third kappa shape index (κ3) is 1.76. The van der Waals surface area contributed by atoms with Crippen molar-refractivity contribution in [3.05, 3.63) is 12.2 Å². The third-order valence-corrected chi connectivity index (χ3v) is 4.56. The first-order valence-electron chi connectivity index (χ1n) is 6.26. The molecule has 0 saturated heterocycles. The topological polar surface area (TPSA) is 0 Å². The Morgan fingerprint density at radius 2 is 2.14 bits per heavy atom. The van der Waals surface area contributed by atoms with Gasteiger partial charge in [0.05, 0.1) is 0 Å². The van der Waals surface area contributed by atoms with Gasteiger partial charge >= 0.3 is 0 Å². The molecule has 2 saturated carbocycles. The average molecular weight is 192 g/mol. The zero-order valence-corrected chi connectivity index (χ0v) is 10.1. The van der Waals surface area contributed by atoms with Gasteiger partial charge in [0.2, 0.25) is 0 Å². The van der Waals surface area contributed by atoms with Gasteiger partial charge in [0.25, 0.3) is 0 Å². The van der Waals surface area contributed by atoms with E-state index in [1.807, 2.05) is 0 Å². The van der Waals surface area contributed by atoms with Gasteiger partial charge in [0, 0.05) is 0 Å². The molecule has 2 fully saturated rings. The van der Waals surface area contributed by atoms with Crippen LogP contribution in [-0.2, 0) is 0 Å². The second-order valence-corrected chi connectivity index (χ2v) is 5.86. The van der Waals surface area contributed by atoms with E-state index in [1.165, 1.54) is 19.3 Å². The van der Waals surface area contributed by atoms with Crippen molar-refractivity contribution in [1.29, 1.82) is 0 Å². The van der Waals surface area contributed by atoms with Crippen molar-refractivity contribution in [1.82, 2.24) is 0 Å². The molecule has 0 radical (unpaired) electrons. The van der Waals surface area contributed by atoms with Crippen molar-refractivity contribution in [3.8, 4) is 0 Å². The lowest BCUT2D eigenvalue weighted by atomic mass is 9.92. The van der Waals surface area contributed by atoms with Crippen LogP contribution in [0.4, 0.5) is 0 Å². The van der Waals surface area contributed by atoms with Crippen LogP contribution in [0.1, 0.15) is 47.0 Å². The van der Waals surface area contributed by atoms with Crippen molar-refractivity contribution in [2.75, 3.05) is 0 Å². The molecule has 0 heteroatoms. The summed E-state index contributed by atoms with van der Waals surface area (Å²) in [6, 6.07) is 0. The van der Waals surface area contributed by atoms with E-state index in [0.717, 1.165) is 23.7 Å². The minimum atomic E-state index is 0.567. The first kappa shape index (κ1) is 10.3. The van der Waals surface area contributed by atoms with Gasteiger partial charge in [-0.3, -0.25) is 0 Å². The lowest BCUT2D eigenvalue weighted by Crippen LogP contribution is -2.06. The van der Waals surface area contributed by atoms with E-state index in [2.05, 4.69) is 39.8 Å². The molecule has 0 N–H and O–H groups in total. The predicted molar refractivity (Wildman–Crippen MR) is 62.1 cm³/mol. The fourth-order valence-corrected chi connectivity index (χ4v) is 3.16. The van der Waals surface area contributed by atoms with Crippen LogP contribution in [0.15, 0.2) is 12.2 Å². The molecule has 0 nitrogen and oxygen atoms in total. The second kappa shape index (κ2) is 3.40. The van der Waals surface area contributed by atoms with Gasteiger partial charge in [-0.25, -0.2) is 0 Å². The average Bonchev–Trinajstić information content (AvgIpc) is 3.01. The summed E-state index contributed by atoms with van der Waals surface area (Å²) in [6.45, 7) is 9.55. The highest BCUT2D eigenvalue weighted by atomic mass is 14.6. The summed E-state index contributed by atoms with van der Waals surface area (Å²) in [7, 11) is 0. The molecule has 2 aliphatic rings. The monoisotopic (exact) mass is 192 g/mol. The molecule has 0 heterocycles. The molecule has 5 atom stereocenters. The number of hydrogen-bond donors (Lipinski definition) is 0. The van der Waals surface area contributed by atoms with E-state index in [9.17, 15) is 0 Å². The Morgan fingerprint density at radius 1 is 1.50 bits per heavy atom. The lowest BCUT2D eigenvalue weighted by Gasteiger charge is -2.13. The van der Waals surface area contributed by atoms with Crippen LogP contribution in [-0.4, -0.2) is 0 Å². The fraction of sp³-hybridized carbons (Fsp3) is 0.857. The Morgan fingerprint density at radius 3 is 2.64 bits per heavy atom. The summed E-state index contributed by atoms with van der Waals surface area (Å²) < 4.78 is 0. The van der Waals surface area contributed by atoms with Crippen LogP contribution in [0.3, 0.4) is 0 Å². The summed E-state index contributed by atoms with van der Waals surface area (Å²) >= 11 is 0. The molecule has 5 unspecified atom stereocenters. The maximum Gasteiger partial charge on any atom is -0.0112 e. The molecule has 0 aromatic carbocycles. The molecule has 0 bridgehead atoms. The van der Waals surface area contributed by atoms with Gasteiger partial charge in [-0.15, -0.1) is 0 Å². The zero-order chi connectivity index (χ0) is 10.3. The minimum Gasteiger partial charge on any atom is -0.0883 e. The lowest BCUT2D eigenvalue weighted by molar-refractivity contribution is 0.384. The standard InChI is InChI=1S/C14H24/c1-5-6-7-14(4)9-13(14)11(3)12-8-10(12)2/h6-7,10-13H,5,8-9H2,1-4H3. The zero-order valence-electron chi connectivity index (χ0n) is 10.1. The van der Waals surface area contributed by atoms with Crippen molar-refractivity contribution in [3.63, 3.8) is 0 Å². The molecule has 0 aromatic rings. The third-order valence-electron chi connectivity index (χ3n) is 4.56. The predicted octanol–water partition coefficient (Wildman–Crippen LogP) is 4.27. The molecule has 80 valence electrons. The Hall–Kier alpha value is -0.260. The maximum absolute atomic E-state index is 2.48. The van der Waals surface area contributed by atoms with Gasteiger partial charge in [-0.05, 0) is 48.3 Å².